The highest BCUT2D eigenvalue weighted by molar-refractivity contribution is 5.93. The minimum absolute atomic E-state index is 0.0128. The van der Waals surface area contributed by atoms with Crippen LogP contribution >= 0.6 is 0 Å². The number of rotatable bonds is 6. The fraction of sp³-hybridized carbons (Fsp3) is 0.478. The van der Waals surface area contributed by atoms with E-state index in [2.05, 4.69) is 20.4 Å². The number of aryl methyl sites for hydroxylation is 3. The van der Waals surface area contributed by atoms with Crippen LogP contribution in [-0.2, 0) is 16.0 Å². The van der Waals surface area contributed by atoms with Gasteiger partial charge in [-0.1, -0.05) is 5.16 Å². The van der Waals surface area contributed by atoms with E-state index in [1.54, 1.807) is 0 Å². The van der Waals surface area contributed by atoms with E-state index in [1.807, 2.05) is 43.9 Å². The Kier molecular flexibility index (Phi) is 6.06. The van der Waals surface area contributed by atoms with Gasteiger partial charge in [-0.15, -0.1) is 0 Å². The maximum absolute atomic E-state index is 12.6. The predicted molar refractivity (Wildman–Crippen MR) is 118 cm³/mol. The Labute approximate surface area is 181 Å². The van der Waals surface area contributed by atoms with Crippen LogP contribution in [0.3, 0.4) is 0 Å². The predicted octanol–water partition coefficient (Wildman–Crippen LogP) is 3.68. The summed E-state index contributed by atoms with van der Waals surface area (Å²) in [5, 5.41) is 6.94. The van der Waals surface area contributed by atoms with E-state index < -0.39 is 0 Å². The number of piperidine rings is 1. The highest BCUT2D eigenvalue weighted by Crippen LogP contribution is 2.23. The van der Waals surface area contributed by atoms with Gasteiger partial charge < -0.3 is 19.7 Å². The van der Waals surface area contributed by atoms with Gasteiger partial charge in [0.1, 0.15) is 11.6 Å². The van der Waals surface area contributed by atoms with Gasteiger partial charge in [-0.25, -0.2) is 4.98 Å². The number of imidazole rings is 1. The van der Waals surface area contributed by atoms with Crippen LogP contribution in [0.25, 0.3) is 11.0 Å². The number of hydrogen-bond donors (Lipinski definition) is 2. The highest BCUT2D eigenvalue weighted by atomic mass is 16.5. The number of likely N-dealkylation sites (tertiary alicyclic amines) is 1. The number of benzene rings is 1. The first-order valence-corrected chi connectivity index (χ1v) is 10.8. The molecule has 0 aliphatic carbocycles. The molecule has 3 heterocycles. The largest absolute Gasteiger partial charge is 0.361 e. The van der Waals surface area contributed by atoms with Gasteiger partial charge >= 0.3 is 0 Å². The summed E-state index contributed by atoms with van der Waals surface area (Å²) < 4.78 is 5.17. The lowest BCUT2D eigenvalue weighted by molar-refractivity contribution is -0.132. The Morgan fingerprint density at radius 1 is 1.23 bits per heavy atom. The molecule has 0 radical (unpaired) electrons. The molecule has 0 atom stereocenters. The van der Waals surface area contributed by atoms with Crippen LogP contribution in [0.2, 0.25) is 0 Å². The summed E-state index contributed by atoms with van der Waals surface area (Å²) in [4.78, 5) is 34.6. The fourth-order valence-corrected chi connectivity index (χ4v) is 4.32. The average molecular weight is 424 g/mol. The van der Waals surface area contributed by atoms with Crippen molar-refractivity contribution in [1.29, 1.82) is 0 Å². The van der Waals surface area contributed by atoms with Crippen molar-refractivity contribution in [2.45, 2.75) is 52.9 Å². The molecular formula is C23H29N5O3. The quantitative estimate of drug-likeness (QED) is 0.629. The number of carbonyl (C=O) groups is 2. The maximum atomic E-state index is 12.6. The Balaban J connectivity index is 1.22. The standard InChI is InChI=1S/C23H29N5O3/c1-14-19(15(2)31-27-14)5-7-23(30)28-10-8-17(9-11-28)12-22(29)26-18-4-6-20-21(13-18)25-16(3)24-20/h4,6,13,17H,5,7-12H2,1-3H3,(H,24,25)(H,26,29). The van der Waals surface area contributed by atoms with Crippen molar-refractivity contribution in [1.82, 2.24) is 20.0 Å². The van der Waals surface area contributed by atoms with E-state index in [1.165, 1.54) is 0 Å². The molecule has 164 valence electrons. The lowest BCUT2D eigenvalue weighted by Crippen LogP contribution is -2.39. The summed E-state index contributed by atoms with van der Waals surface area (Å²) in [7, 11) is 0. The van der Waals surface area contributed by atoms with Crippen LogP contribution in [0.15, 0.2) is 22.7 Å². The van der Waals surface area contributed by atoms with Crippen molar-refractivity contribution in [3.63, 3.8) is 0 Å². The summed E-state index contributed by atoms with van der Waals surface area (Å²) in [6.07, 6.45) is 3.29. The number of hydrogen-bond acceptors (Lipinski definition) is 5. The van der Waals surface area contributed by atoms with E-state index in [0.29, 0.717) is 38.3 Å². The van der Waals surface area contributed by atoms with Crippen LogP contribution in [0.1, 0.15) is 48.5 Å². The monoisotopic (exact) mass is 423 g/mol. The summed E-state index contributed by atoms with van der Waals surface area (Å²) in [6.45, 7) is 7.10. The van der Waals surface area contributed by atoms with Crippen LogP contribution in [0, 0.1) is 26.7 Å². The van der Waals surface area contributed by atoms with Gasteiger partial charge in [0.2, 0.25) is 11.8 Å². The number of nitrogens with zero attached hydrogens (tertiary/aromatic N) is 3. The first kappa shape index (κ1) is 21.1. The molecule has 0 saturated carbocycles. The number of carbonyl (C=O) groups excluding carboxylic acids is 2. The van der Waals surface area contributed by atoms with Crippen molar-refractivity contribution >= 4 is 28.5 Å². The van der Waals surface area contributed by atoms with Crippen molar-refractivity contribution in [3.05, 3.63) is 41.0 Å². The zero-order valence-electron chi connectivity index (χ0n) is 18.3. The molecule has 2 aromatic heterocycles. The number of H-pyrrole nitrogens is 1. The molecule has 1 aliphatic rings. The van der Waals surface area contributed by atoms with Crippen molar-refractivity contribution in [3.8, 4) is 0 Å². The zero-order chi connectivity index (χ0) is 22.0. The molecular weight excluding hydrogens is 394 g/mol. The smallest absolute Gasteiger partial charge is 0.224 e. The maximum Gasteiger partial charge on any atom is 0.224 e. The Morgan fingerprint density at radius 2 is 2.00 bits per heavy atom. The summed E-state index contributed by atoms with van der Waals surface area (Å²) in [5.74, 6) is 2.11. The van der Waals surface area contributed by atoms with Crippen LogP contribution in [0.4, 0.5) is 5.69 Å². The van der Waals surface area contributed by atoms with E-state index in [9.17, 15) is 9.59 Å². The number of fused-ring (bicyclic) bond motifs is 1. The van der Waals surface area contributed by atoms with Gasteiger partial charge in [0.25, 0.3) is 0 Å². The molecule has 1 aromatic carbocycles. The number of anilines is 1. The number of nitrogens with one attached hydrogen (secondary N) is 2. The molecule has 0 bridgehead atoms. The van der Waals surface area contributed by atoms with Gasteiger partial charge in [-0.3, -0.25) is 9.59 Å². The molecule has 2 N–H and O–H groups in total. The Hall–Kier alpha value is -3.16. The first-order valence-electron chi connectivity index (χ1n) is 10.8. The van der Waals surface area contributed by atoms with Crippen LogP contribution < -0.4 is 5.32 Å². The van der Waals surface area contributed by atoms with Gasteiger partial charge in [0.15, 0.2) is 0 Å². The van der Waals surface area contributed by atoms with Crippen LogP contribution in [-0.4, -0.2) is 44.9 Å². The SMILES string of the molecule is Cc1nc2ccc(NC(=O)CC3CCN(C(=O)CCc4c(C)noc4C)CC3)cc2[nH]1. The molecule has 0 spiro atoms. The van der Waals surface area contributed by atoms with Gasteiger partial charge in [-0.2, -0.15) is 0 Å². The van der Waals surface area contributed by atoms with Gasteiger partial charge in [0, 0.05) is 37.2 Å². The van der Waals surface area contributed by atoms with Crippen LogP contribution in [0.5, 0.6) is 0 Å². The molecule has 1 saturated heterocycles. The number of aromatic amines is 1. The molecule has 4 rings (SSSR count). The molecule has 8 heteroatoms. The minimum atomic E-state index is 0.0128. The van der Waals surface area contributed by atoms with E-state index in [4.69, 9.17) is 4.52 Å². The second kappa shape index (κ2) is 8.91. The summed E-state index contributed by atoms with van der Waals surface area (Å²) >= 11 is 0. The summed E-state index contributed by atoms with van der Waals surface area (Å²) in [6, 6.07) is 5.69. The van der Waals surface area contributed by atoms with Crippen molar-refractivity contribution in [2.75, 3.05) is 18.4 Å². The highest BCUT2D eigenvalue weighted by Gasteiger charge is 2.25. The Morgan fingerprint density at radius 3 is 2.71 bits per heavy atom. The van der Waals surface area contributed by atoms with Gasteiger partial charge in [-0.05, 0) is 64.2 Å². The zero-order valence-corrected chi connectivity index (χ0v) is 18.3. The lowest BCUT2D eigenvalue weighted by atomic mass is 9.93. The third-order valence-electron chi connectivity index (χ3n) is 6.10. The molecule has 0 unspecified atom stereocenters. The molecule has 3 aromatic rings. The minimum Gasteiger partial charge on any atom is -0.361 e. The second-order valence-corrected chi connectivity index (χ2v) is 8.43. The summed E-state index contributed by atoms with van der Waals surface area (Å²) in [5.41, 5.74) is 4.47. The average Bonchev–Trinajstić information content (AvgIpc) is 3.27. The fourth-order valence-electron chi connectivity index (χ4n) is 4.32. The van der Waals surface area contributed by atoms with E-state index in [0.717, 1.165) is 52.4 Å². The lowest BCUT2D eigenvalue weighted by Gasteiger charge is -2.32. The Bertz CT molecular complexity index is 1070. The van der Waals surface area contributed by atoms with E-state index in [-0.39, 0.29) is 11.8 Å². The van der Waals surface area contributed by atoms with E-state index >= 15 is 0 Å². The normalized spacial score (nSPS) is 14.9. The molecule has 31 heavy (non-hydrogen) atoms. The number of aromatic nitrogens is 3. The van der Waals surface area contributed by atoms with Crippen molar-refractivity contribution < 1.29 is 14.1 Å². The first-order chi connectivity index (χ1) is 14.9. The molecule has 8 nitrogen and oxygen atoms in total. The molecule has 1 aliphatic heterocycles. The third-order valence-corrected chi connectivity index (χ3v) is 6.10. The molecule has 1 fully saturated rings. The van der Waals surface area contributed by atoms with Gasteiger partial charge in [0.05, 0.1) is 16.7 Å². The second-order valence-electron chi connectivity index (χ2n) is 8.43. The number of amides is 2. The topological polar surface area (TPSA) is 104 Å². The molecule has 2 amide bonds. The third kappa shape index (κ3) is 4.95. The van der Waals surface area contributed by atoms with Crippen molar-refractivity contribution in [2.24, 2.45) is 5.92 Å².